The van der Waals surface area contributed by atoms with E-state index in [4.69, 9.17) is 5.73 Å². The van der Waals surface area contributed by atoms with Crippen molar-refractivity contribution in [2.45, 2.75) is 25.8 Å². The molecule has 4 N–H and O–H groups in total. The molecule has 0 saturated carbocycles. The molecule has 1 aromatic heterocycles. The Morgan fingerprint density at radius 3 is 2.90 bits per heavy atom. The zero-order valence-corrected chi connectivity index (χ0v) is 11.5. The van der Waals surface area contributed by atoms with E-state index >= 15 is 0 Å². The van der Waals surface area contributed by atoms with Gasteiger partial charge in [0.05, 0.1) is 5.69 Å². The minimum Gasteiger partial charge on any atom is -0.508 e. The molecule has 0 fully saturated rings. The van der Waals surface area contributed by atoms with Gasteiger partial charge in [0.15, 0.2) is 0 Å². The largest absolute Gasteiger partial charge is 0.508 e. The molecule has 0 amide bonds. The first kappa shape index (κ1) is 13.6. The molecule has 110 valence electrons. The molecule has 1 heterocycles. The second-order valence-electron chi connectivity index (χ2n) is 5.19. The van der Waals surface area contributed by atoms with Crippen LogP contribution in [0.2, 0.25) is 0 Å². The van der Waals surface area contributed by atoms with E-state index in [1.165, 1.54) is 0 Å². The number of phenolic OH excluding ortho intramolecular Hbond substituents is 1. The Hall–Kier alpha value is -2.34. The van der Waals surface area contributed by atoms with Crippen LogP contribution in [-0.2, 0) is 19.4 Å². The fraction of sp³-hybridized carbons (Fsp3) is 0.333. The summed E-state index contributed by atoms with van der Waals surface area (Å²) in [5.41, 5.74) is 9.16. The second kappa shape index (κ2) is 5.21. The van der Waals surface area contributed by atoms with Crippen LogP contribution in [0.25, 0.3) is 11.3 Å². The molecule has 6 nitrogen and oxygen atoms in total. The van der Waals surface area contributed by atoms with Gasteiger partial charge in [0.1, 0.15) is 11.4 Å². The van der Waals surface area contributed by atoms with Gasteiger partial charge in [0.25, 0.3) is 0 Å². The highest BCUT2D eigenvalue weighted by molar-refractivity contribution is 5.91. The molecule has 3 rings (SSSR count). The van der Waals surface area contributed by atoms with Crippen molar-refractivity contribution in [3.8, 4) is 17.0 Å². The fourth-order valence-corrected chi connectivity index (χ4v) is 2.87. The van der Waals surface area contributed by atoms with Crippen LogP contribution < -0.4 is 5.73 Å². The van der Waals surface area contributed by atoms with Crippen LogP contribution in [0.15, 0.2) is 18.2 Å². The molecule has 0 radical (unpaired) electrons. The lowest BCUT2D eigenvalue weighted by molar-refractivity contribution is 0.0681. The number of hydrogen-bond donors (Lipinski definition) is 3. The quantitative estimate of drug-likeness (QED) is 0.789. The summed E-state index contributed by atoms with van der Waals surface area (Å²) in [5.74, 6) is -0.735. The van der Waals surface area contributed by atoms with Crippen LogP contribution in [0, 0.1) is 0 Å². The van der Waals surface area contributed by atoms with Gasteiger partial charge in [0, 0.05) is 17.7 Å². The lowest BCUT2D eigenvalue weighted by atomic mass is 9.89. The van der Waals surface area contributed by atoms with E-state index in [2.05, 4.69) is 5.10 Å². The predicted octanol–water partition coefficient (Wildman–Crippen LogP) is 1.40. The normalized spacial score (nSPS) is 12.8. The molecule has 0 unspecified atom stereocenters. The molecule has 21 heavy (non-hydrogen) atoms. The van der Waals surface area contributed by atoms with Crippen molar-refractivity contribution >= 4 is 5.97 Å². The van der Waals surface area contributed by atoms with Crippen molar-refractivity contribution in [1.29, 1.82) is 0 Å². The Morgan fingerprint density at radius 2 is 2.19 bits per heavy atom. The Bertz CT molecular complexity index is 706. The Kier molecular flexibility index (Phi) is 3.39. The fourth-order valence-electron chi connectivity index (χ4n) is 2.87. The summed E-state index contributed by atoms with van der Waals surface area (Å²) >= 11 is 0. The SMILES string of the molecule is NCCCn1nc2c(c1C(=O)O)CCc1cc(O)ccc1-2. The summed E-state index contributed by atoms with van der Waals surface area (Å²) in [7, 11) is 0. The maximum atomic E-state index is 11.6. The molecule has 0 bridgehead atoms. The van der Waals surface area contributed by atoms with E-state index < -0.39 is 5.97 Å². The summed E-state index contributed by atoms with van der Waals surface area (Å²) in [6.45, 7) is 0.993. The third-order valence-electron chi connectivity index (χ3n) is 3.82. The molecule has 0 saturated heterocycles. The maximum Gasteiger partial charge on any atom is 0.354 e. The number of aromatic hydroxyl groups is 1. The Labute approximate surface area is 121 Å². The average molecular weight is 287 g/mol. The van der Waals surface area contributed by atoms with Gasteiger partial charge in [-0.1, -0.05) is 0 Å². The van der Waals surface area contributed by atoms with Gasteiger partial charge in [-0.3, -0.25) is 4.68 Å². The number of hydrogen-bond acceptors (Lipinski definition) is 4. The summed E-state index contributed by atoms with van der Waals surface area (Å²) in [5, 5.41) is 23.5. The lowest BCUT2D eigenvalue weighted by Gasteiger charge is -2.15. The first-order valence-corrected chi connectivity index (χ1v) is 6.97. The van der Waals surface area contributed by atoms with E-state index in [1.807, 2.05) is 0 Å². The molecule has 0 aliphatic heterocycles. The number of carboxylic acids is 1. The highest BCUT2D eigenvalue weighted by atomic mass is 16.4. The summed E-state index contributed by atoms with van der Waals surface area (Å²) < 4.78 is 1.54. The van der Waals surface area contributed by atoms with Crippen LogP contribution in [0.4, 0.5) is 0 Å². The molecule has 0 atom stereocenters. The van der Waals surface area contributed by atoms with E-state index in [-0.39, 0.29) is 11.4 Å². The number of carbonyl (C=O) groups is 1. The molecule has 1 aromatic carbocycles. The zero-order valence-electron chi connectivity index (χ0n) is 11.5. The van der Waals surface area contributed by atoms with Crippen molar-refractivity contribution in [1.82, 2.24) is 9.78 Å². The minimum atomic E-state index is -0.956. The summed E-state index contributed by atoms with van der Waals surface area (Å²) in [6, 6.07) is 5.12. The molecule has 2 aromatic rings. The van der Waals surface area contributed by atoms with Crippen molar-refractivity contribution in [2.75, 3.05) is 6.54 Å². The highest BCUT2D eigenvalue weighted by Crippen LogP contribution is 2.36. The standard InChI is InChI=1S/C15H17N3O3/c16-6-1-7-18-14(15(20)21)12-4-2-9-8-10(19)3-5-11(9)13(12)17-18/h3,5,8,19H,1-2,4,6-7,16H2,(H,20,21). The van der Waals surface area contributed by atoms with Crippen LogP contribution >= 0.6 is 0 Å². The molecular weight excluding hydrogens is 270 g/mol. The molecular formula is C15H17N3O3. The van der Waals surface area contributed by atoms with Gasteiger partial charge in [-0.15, -0.1) is 0 Å². The number of aromatic nitrogens is 2. The van der Waals surface area contributed by atoms with E-state index in [9.17, 15) is 15.0 Å². The Balaban J connectivity index is 2.14. The van der Waals surface area contributed by atoms with Crippen LogP contribution in [0.3, 0.4) is 0 Å². The third kappa shape index (κ3) is 2.27. The number of carboxylic acid groups (broad SMARTS) is 1. The van der Waals surface area contributed by atoms with Crippen LogP contribution in [-0.4, -0.2) is 32.5 Å². The van der Waals surface area contributed by atoms with Gasteiger partial charge >= 0.3 is 5.97 Å². The summed E-state index contributed by atoms with van der Waals surface area (Å²) in [4.78, 5) is 11.6. The topological polar surface area (TPSA) is 101 Å². The first-order valence-electron chi connectivity index (χ1n) is 6.97. The van der Waals surface area contributed by atoms with Gasteiger partial charge < -0.3 is 15.9 Å². The van der Waals surface area contributed by atoms with E-state index in [1.54, 1.807) is 22.9 Å². The second-order valence-corrected chi connectivity index (χ2v) is 5.19. The maximum absolute atomic E-state index is 11.6. The van der Waals surface area contributed by atoms with Crippen molar-refractivity contribution in [2.24, 2.45) is 5.73 Å². The first-order chi connectivity index (χ1) is 10.1. The highest BCUT2D eigenvalue weighted by Gasteiger charge is 2.28. The number of aromatic carboxylic acids is 1. The van der Waals surface area contributed by atoms with Gasteiger partial charge in [-0.05, 0) is 49.6 Å². The molecule has 1 aliphatic carbocycles. The number of benzene rings is 1. The predicted molar refractivity (Wildman–Crippen MR) is 77.4 cm³/mol. The van der Waals surface area contributed by atoms with Crippen molar-refractivity contribution in [3.63, 3.8) is 0 Å². The van der Waals surface area contributed by atoms with E-state index in [0.717, 1.165) is 16.7 Å². The van der Waals surface area contributed by atoms with Gasteiger partial charge in [0.2, 0.25) is 0 Å². The molecule has 1 aliphatic rings. The van der Waals surface area contributed by atoms with Gasteiger partial charge in [-0.2, -0.15) is 5.10 Å². The number of aryl methyl sites for hydroxylation is 2. The zero-order chi connectivity index (χ0) is 15.0. The molecule has 0 spiro atoms. The van der Waals surface area contributed by atoms with E-state index in [0.29, 0.717) is 38.0 Å². The van der Waals surface area contributed by atoms with Crippen molar-refractivity contribution < 1.29 is 15.0 Å². The van der Waals surface area contributed by atoms with Crippen LogP contribution in [0.1, 0.15) is 28.0 Å². The lowest BCUT2D eigenvalue weighted by Crippen LogP contribution is -2.14. The third-order valence-corrected chi connectivity index (χ3v) is 3.82. The number of nitrogens with zero attached hydrogens (tertiary/aromatic N) is 2. The average Bonchev–Trinajstić information content (AvgIpc) is 2.83. The Morgan fingerprint density at radius 1 is 1.38 bits per heavy atom. The van der Waals surface area contributed by atoms with Crippen LogP contribution in [0.5, 0.6) is 5.75 Å². The number of fused-ring (bicyclic) bond motifs is 3. The molecule has 6 heteroatoms. The minimum absolute atomic E-state index is 0.221. The number of phenols is 1. The smallest absolute Gasteiger partial charge is 0.354 e. The monoisotopic (exact) mass is 287 g/mol. The summed E-state index contributed by atoms with van der Waals surface area (Å²) in [6.07, 6.45) is 2.01. The van der Waals surface area contributed by atoms with Crippen molar-refractivity contribution in [3.05, 3.63) is 35.0 Å². The van der Waals surface area contributed by atoms with Gasteiger partial charge in [-0.25, -0.2) is 4.79 Å². The number of nitrogens with two attached hydrogens (primary N) is 1. The number of rotatable bonds is 4.